The van der Waals surface area contributed by atoms with E-state index >= 15 is 0 Å². The van der Waals surface area contributed by atoms with Crippen LogP contribution in [0.1, 0.15) is 6.92 Å². The van der Waals surface area contributed by atoms with Crippen molar-refractivity contribution in [1.29, 1.82) is 0 Å². The molecule has 0 aliphatic heterocycles. The van der Waals surface area contributed by atoms with Gasteiger partial charge in [-0.3, -0.25) is 0 Å². The van der Waals surface area contributed by atoms with E-state index in [1.807, 2.05) is 0 Å². The van der Waals surface area contributed by atoms with E-state index in [2.05, 4.69) is 4.99 Å². The normalized spacial score (nSPS) is 14.0. The topological polar surface area (TPSA) is 90.1 Å². The molecule has 1 unspecified atom stereocenters. The van der Waals surface area contributed by atoms with Crippen LogP contribution in [0.4, 0.5) is 0 Å². The van der Waals surface area contributed by atoms with Crippen molar-refractivity contribution in [3.8, 4) is 0 Å². The van der Waals surface area contributed by atoms with Crippen LogP contribution in [0.5, 0.6) is 0 Å². The number of aliphatic imine (C=N–C) groups is 1. The fraction of sp³-hybridized carbons (Fsp3) is 0.750. The van der Waals surface area contributed by atoms with Crippen molar-refractivity contribution in [2.45, 2.75) is 19.0 Å². The van der Waals surface area contributed by atoms with E-state index < -0.39 is 14.8 Å². The molecule has 0 aliphatic carbocycles. The first-order valence-electron chi connectivity index (χ1n) is 2.70. The van der Waals surface area contributed by atoms with Crippen LogP contribution in [-0.2, 0) is 4.79 Å². The summed E-state index contributed by atoms with van der Waals surface area (Å²) in [5, 5.41) is 0. The van der Waals surface area contributed by atoms with Gasteiger partial charge in [-0.05, 0) is 6.92 Å². The molecule has 10 heavy (non-hydrogen) atoms. The number of hydrogen-bond donors (Lipinski definition) is 3. The Hall–Kier alpha value is -0.523. The molecule has 0 spiro atoms. The highest BCUT2D eigenvalue weighted by atomic mass is 28.4. The Kier molecular flexibility index (Phi) is 3.41. The fourth-order valence-electron chi connectivity index (χ4n) is 0.532. The standard InChI is InChI=1S/C4H9NO4Si/c1-4(5-3-6)2-10(7,8)9/h4,7-9H,2H2,1H3. The van der Waals surface area contributed by atoms with Gasteiger partial charge in [0.25, 0.3) is 0 Å². The Balaban J connectivity index is 3.79. The molecule has 5 nitrogen and oxygen atoms in total. The molecule has 0 aromatic heterocycles. The first-order valence-corrected chi connectivity index (χ1v) is 4.74. The van der Waals surface area contributed by atoms with Crippen molar-refractivity contribution in [3.63, 3.8) is 0 Å². The molecule has 0 heterocycles. The Morgan fingerprint density at radius 3 is 2.40 bits per heavy atom. The molecule has 0 aromatic rings. The van der Waals surface area contributed by atoms with E-state index in [9.17, 15) is 4.79 Å². The van der Waals surface area contributed by atoms with Gasteiger partial charge in [0.15, 0.2) is 0 Å². The maximum absolute atomic E-state index is 9.58. The molecule has 6 heteroatoms. The van der Waals surface area contributed by atoms with Crippen LogP contribution in [0.2, 0.25) is 6.04 Å². The van der Waals surface area contributed by atoms with Crippen LogP contribution in [-0.4, -0.2) is 35.3 Å². The third-order valence-electron chi connectivity index (χ3n) is 0.842. The second-order valence-corrected chi connectivity index (χ2v) is 4.00. The van der Waals surface area contributed by atoms with E-state index in [0.717, 1.165) is 0 Å². The first kappa shape index (κ1) is 9.48. The number of hydrogen-bond acceptors (Lipinski definition) is 5. The predicted octanol–water partition coefficient (Wildman–Crippen LogP) is -1.37. The fourth-order valence-corrected chi connectivity index (χ4v) is 1.42. The highest BCUT2D eigenvalue weighted by Crippen LogP contribution is 2.04. The summed E-state index contributed by atoms with van der Waals surface area (Å²) in [6.45, 7) is 1.48. The van der Waals surface area contributed by atoms with Crippen LogP contribution < -0.4 is 0 Å². The lowest BCUT2D eigenvalue weighted by Gasteiger charge is -2.09. The van der Waals surface area contributed by atoms with Crippen molar-refractivity contribution < 1.29 is 19.2 Å². The van der Waals surface area contributed by atoms with Gasteiger partial charge in [0.05, 0.1) is 6.04 Å². The molecular weight excluding hydrogens is 154 g/mol. The summed E-state index contributed by atoms with van der Waals surface area (Å²) in [6.07, 6.45) is 1.25. The third-order valence-corrected chi connectivity index (χ3v) is 1.98. The van der Waals surface area contributed by atoms with Gasteiger partial charge in [-0.2, -0.15) is 0 Å². The number of nitrogens with zero attached hydrogens (tertiary/aromatic N) is 1. The van der Waals surface area contributed by atoms with E-state index in [-0.39, 0.29) is 6.04 Å². The minimum absolute atomic E-state index is 0.262. The van der Waals surface area contributed by atoms with Crippen LogP contribution in [0.3, 0.4) is 0 Å². The second kappa shape index (κ2) is 3.60. The largest absolute Gasteiger partial charge is 0.494 e. The van der Waals surface area contributed by atoms with Crippen molar-refractivity contribution >= 4 is 14.9 Å². The molecule has 0 aromatic carbocycles. The molecule has 0 radical (unpaired) electrons. The van der Waals surface area contributed by atoms with Crippen molar-refractivity contribution in [2.24, 2.45) is 4.99 Å². The zero-order chi connectivity index (χ0) is 8.20. The van der Waals surface area contributed by atoms with Gasteiger partial charge in [0.2, 0.25) is 6.08 Å². The molecule has 0 saturated heterocycles. The zero-order valence-electron chi connectivity index (χ0n) is 5.48. The average molecular weight is 163 g/mol. The SMILES string of the molecule is CC(C[Si](O)(O)O)N=C=O. The lowest BCUT2D eigenvalue weighted by atomic mass is 10.4. The summed E-state index contributed by atoms with van der Waals surface area (Å²) >= 11 is 0. The number of isocyanates is 1. The van der Waals surface area contributed by atoms with Gasteiger partial charge in [-0.15, -0.1) is 0 Å². The Bertz CT molecular complexity index is 148. The minimum Gasteiger partial charge on any atom is -0.390 e. The van der Waals surface area contributed by atoms with E-state index in [0.29, 0.717) is 0 Å². The van der Waals surface area contributed by atoms with Crippen LogP contribution >= 0.6 is 0 Å². The molecular formula is C4H9NO4Si. The molecule has 0 fully saturated rings. The molecule has 1 atom stereocenters. The van der Waals surface area contributed by atoms with Gasteiger partial charge < -0.3 is 14.4 Å². The monoisotopic (exact) mass is 163 g/mol. The summed E-state index contributed by atoms with van der Waals surface area (Å²) in [7, 11) is -4.03. The number of rotatable bonds is 3. The lowest BCUT2D eigenvalue weighted by molar-refractivity contribution is 0.225. The molecule has 0 bridgehead atoms. The lowest BCUT2D eigenvalue weighted by Crippen LogP contribution is -2.37. The zero-order valence-corrected chi connectivity index (χ0v) is 6.48. The Morgan fingerprint density at radius 1 is 1.60 bits per heavy atom. The molecule has 58 valence electrons. The number of carbonyl (C=O) groups excluding carboxylic acids is 1. The molecule has 0 aliphatic rings. The molecule has 0 amide bonds. The summed E-state index contributed by atoms with van der Waals surface area (Å²) in [5.41, 5.74) is 0. The maximum atomic E-state index is 9.58. The van der Waals surface area contributed by atoms with E-state index in [1.165, 1.54) is 13.0 Å². The van der Waals surface area contributed by atoms with Crippen LogP contribution in [0.15, 0.2) is 4.99 Å². The second-order valence-electron chi connectivity index (χ2n) is 2.05. The summed E-state index contributed by atoms with van der Waals surface area (Å²) in [6, 6.07) is -0.841. The summed E-state index contributed by atoms with van der Waals surface area (Å²) in [5.74, 6) is 0. The third kappa shape index (κ3) is 5.61. The van der Waals surface area contributed by atoms with Crippen molar-refractivity contribution in [1.82, 2.24) is 0 Å². The Labute approximate surface area is 59.0 Å². The van der Waals surface area contributed by atoms with Gasteiger partial charge in [-0.25, -0.2) is 9.79 Å². The van der Waals surface area contributed by atoms with Gasteiger partial charge in [0.1, 0.15) is 0 Å². The van der Waals surface area contributed by atoms with Gasteiger partial charge >= 0.3 is 8.80 Å². The Morgan fingerprint density at radius 2 is 2.10 bits per heavy atom. The highest BCUT2D eigenvalue weighted by Gasteiger charge is 2.29. The van der Waals surface area contributed by atoms with Crippen molar-refractivity contribution in [2.75, 3.05) is 0 Å². The van der Waals surface area contributed by atoms with Gasteiger partial charge in [-0.1, -0.05) is 0 Å². The maximum Gasteiger partial charge on any atom is 0.494 e. The molecule has 0 saturated carbocycles. The minimum atomic E-state index is -4.03. The first-order chi connectivity index (χ1) is 4.45. The van der Waals surface area contributed by atoms with Crippen LogP contribution in [0, 0.1) is 0 Å². The van der Waals surface area contributed by atoms with E-state index in [4.69, 9.17) is 14.4 Å². The summed E-state index contributed by atoms with van der Waals surface area (Å²) in [4.78, 5) is 38.2. The predicted molar refractivity (Wildman–Crippen MR) is 34.8 cm³/mol. The van der Waals surface area contributed by atoms with Crippen LogP contribution in [0.25, 0.3) is 0 Å². The highest BCUT2D eigenvalue weighted by molar-refractivity contribution is 6.56. The molecule has 0 rings (SSSR count). The van der Waals surface area contributed by atoms with Crippen molar-refractivity contribution in [3.05, 3.63) is 0 Å². The summed E-state index contributed by atoms with van der Waals surface area (Å²) < 4.78 is 0. The quantitative estimate of drug-likeness (QED) is 0.272. The average Bonchev–Trinajstić information content (AvgIpc) is 1.59. The molecule has 3 N–H and O–H groups in total. The van der Waals surface area contributed by atoms with Gasteiger partial charge in [0, 0.05) is 6.04 Å². The smallest absolute Gasteiger partial charge is 0.390 e. The van der Waals surface area contributed by atoms with E-state index in [1.54, 1.807) is 0 Å².